The van der Waals surface area contributed by atoms with E-state index in [1.165, 1.54) is 0 Å². The van der Waals surface area contributed by atoms with E-state index in [9.17, 15) is 13.2 Å². The molecule has 0 aliphatic carbocycles. The molecule has 1 heterocycles. The van der Waals surface area contributed by atoms with Crippen molar-refractivity contribution in [1.29, 1.82) is 0 Å². The number of hydrogen-bond acceptors (Lipinski definition) is 4. The van der Waals surface area contributed by atoms with Gasteiger partial charge in [0.25, 0.3) is 0 Å². The highest BCUT2D eigenvalue weighted by molar-refractivity contribution is 7.89. The lowest BCUT2D eigenvalue weighted by Crippen LogP contribution is -2.53. The van der Waals surface area contributed by atoms with Gasteiger partial charge in [-0.25, -0.2) is 18.4 Å². The molecule has 124 valence electrons. The summed E-state index contributed by atoms with van der Waals surface area (Å²) < 4.78 is 27.0. The molecule has 0 radical (unpaired) electrons. The van der Waals surface area contributed by atoms with Crippen LogP contribution in [0.5, 0.6) is 0 Å². The van der Waals surface area contributed by atoms with Gasteiger partial charge >= 0.3 is 6.03 Å². The predicted octanol–water partition coefficient (Wildman–Crippen LogP) is 0.512. The molecule has 0 bridgehead atoms. The summed E-state index contributed by atoms with van der Waals surface area (Å²) >= 11 is 0. The zero-order valence-corrected chi connectivity index (χ0v) is 13.7. The number of carbonyl (C=O) groups is 1. The summed E-state index contributed by atoms with van der Waals surface area (Å²) in [5.41, 5.74) is 0. The van der Waals surface area contributed by atoms with Crippen molar-refractivity contribution in [2.75, 3.05) is 32.1 Å². The second-order valence-electron chi connectivity index (χ2n) is 5.86. The lowest BCUT2D eigenvalue weighted by molar-refractivity contribution is 0.00561. The van der Waals surface area contributed by atoms with Crippen LogP contribution in [0.4, 0.5) is 4.79 Å². The number of sulfonamides is 1. The van der Waals surface area contributed by atoms with E-state index in [2.05, 4.69) is 19.2 Å². The molecule has 1 fully saturated rings. The highest BCUT2D eigenvalue weighted by Gasteiger charge is 2.27. The topological polar surface area (TPSA) is 102 Å². The molecule has 0 saturated carbocycles. The van der Waals surface area contributed by atoms with Gasteiger partial charge in [-0.2, -0.15) is 0 Å². The molecule has 0 aromatic rings. The maximum atomic E-state index is 12.2. The van der Waals surface area contributed by atoms with Gasteiger partial charge in [-0.1, -0.05) is 13.8 Å². The number of rotatable bonds is 7. The third-order valence-electron chi connectivity index (χ3n) is 3.36. The van der Waals surface area contributed by atoms with Crippen molar-refractivity contribution < 1.29 is 17.9 Å². The molecule has 8 heteroatoms. The Hall–Kier alpha value is -0.860. The van der Waals surface area contributed by atoms with Crippen molar-refractivity contribution in [3.63, 3.8) is 0 Å². The Morgan fingerprint density at radius 2 is 2.14 bits per heavy atom. The quantitative estimate of drug-likeness (QED) is 0.667. The zero-order valence-electron chi connectivity index (χ0n) is 12.9. The van der Waals surface area contributed by atoms with Crippen LogP contribution in [0, 0.1) is 5.92 Å². The van der Waals surface area contributed by atoms with E-state index in [0.29, 0.717) is 45.1 Å². The summed E-state index contributed by atoms with van der Waals surface area (Å²) in [6.45, 7) is 6.45. The molecule has 0 aromatic heterocycles. The number of hydrogen-bond donors (Lipinski definition) is 2. The summed E-state index contributed by atoms with van der Waals surface area (Å²) in [6, 6.07) is 0.0164. The summed E-state index contributed by atoms with van der Waals surface area (Å²) in [6.07, 6.45) is 1.97. The smallest absolute Gasteiger partial charge is 0.317 e. The normalized spacial score (nSPS) is 19.8. The molecule has 1 aliphatic rings. The van der Waals surface area contributed by atoms with Crippen LogP contribution in [-0.4, -0.2) is 57.4 Å². The summed E-state index contributed by atoms with van der Waals surface area (Å²) in [7, 11) is -3.41. The Balaban J connectivity index is 2.32. The van der Waals surface area contributed by atoms with E-state index in [0.717, 1.165) is 6.42 Å². The number of carbonyl (C=O) groups excluding carboxylic acids is 1. The van der Waals surface area contributed by atoms with Gasteiger partial charge in [-0.3, -0.25) is 0 Å². The number of ether oxygens (including phenoxy) is 1. The van der Waals surface area contributed by atoms with Crippen molar-refractivity contribution in [3.05, 3.63) is 0 Å². The van der Waals surface area contributed by atoms with Gasteiger partial charge in [0.2, 0.25) is 10.0 Å². The average Bonchev–Trinajstić information content (AvgIpc) is 2.36. The molecule has 1 atom stereocenters. The highest BCUT2D eigenvalue weighted by Crippen LogP contribution is 2.15. The van der Waals surface area contributed by atoms with Gasteiger partial charge in [0.05, 0.1) is 25.0 Å². The van der Waals surface area contributed by atoms with Crippen molar-refractivity contribution in [2.45, 2.75) is 39.2 Å². The molecule has 1 aliphatic heterocycles. The van der Waals surface area contributed by atoms with Crippen LogP contribution in [0.2, 0.25) is 0 Å². The van der Waals surface area contributed by atoms with Crippen LogP contribution < -0.4 is 10.5 Å². The van der Waals surface area contributed by atoms with Gasteiger partial charge in [0.1, 0.15) is 0 Å². The van der Waals surface area contributed by atoms with Gasteiger partial charge < -0.3 is 15.0 Å². The first-order chi connectivity index (χ1) is 9.79. The Bertz CT molecular complexity index is 425. The van der Waals surface area contributed by atoms with E-state index in [1.807, 2.05) is 4.90 Å². The van der Waals surface area contributed by atoms with Crippen LogP contribution in [0.15, 0.2) is 0 Å². The maximum absolute atomic E-state index is 12.2. The lowest BCUT2D eigenvalue weighted by Gasteiger charge is -2.36. The van der Waals surface area contributed by atoms with E-state index in [1.54, 1.807) is 0 Å². The Labute approximate surface area is 127 Å². The number of nitrogens with one attached hydrogen (secondary N) is 1. The first-order valence-corrected chi connectivity index (χ1v) is 9.14. The number of primary sulfonamides is 1. The van der Waals surface area contributed by atoms with E-state index < -0.39 is 10.0 Å². The summed E-state index contributed by atoms with van der Waals surface area (Å²) in [5.74, 6) is 0.456. The van der Waals surface area contributed by atoms with Crippen molar-refractivity contribution in [2.24, 2.45) is 11.1 Å². The molecule has 1 saturated heterocycles. The second kappa shape index (κ2) is 8.55. The fourth-order valence-electron chi connectivity index (χ4n) is 2.39. The molecule has 0 spiro atoms. The van der Waals surface area contributed by atoms with Crippen LogP contribution in [0.3, 0.4) is 0 Å². The maximum Gasteiger partial charge on any atom is 0.317 e. The molecular weight excluding hydrogens is 294 g/mol. The van der Waals surface area contributed by atoms with E-state index in [-0.39, 0.29) is 17.8 Å². The summed E-state index contributed by atoms with van der Waals surface area (Å²) in [5, 5.41) is 7.76. The van der Waals surface area contributed by atoms with E-state index in [4.69, 9.17) is 9.88 Å². The van der Waals surface area contributed by atoms with Crippen LogP contribution in [0.1, 0.15) is 33.1 Å². The Morgan fingerprint density at radius 1 is 1.43 bits per heavy atom. The molecule has 1 rings (SSSR count). The largest absolute Gasteiger partial charge is 0.377 e. The van der Waals surface area contributed by atoms with Gasteiger partial charge in [-0.05, 0) is 25.2 Å². The molecule has 0 aromatic carbocycles. The number of nitrogens with two attached hydrogens (primary N) is 1. The first-order valence-electron chi connectivity index (χ1n) is 7.42. The number of amides is 2. The van der Waals surface area contributed by atoms with Crippen molar-refractivity contribution in [3.8, 4) is 0 Å². The predicted molar refractivity (Wildman–Crippen MR) is 81.4 cm³/mol. The third-order valence-corrected chi connectivity index (χ3v) is 4.22. The standard InChI is InChI=1S/C13H27N3O4S/c1-11(2)9-12-10-20-7-6-16(12)13(17)15-5-3-4-8-21(14,18)19/h11-12H,3-10H2,1-2H3,(H,15,17)(H2,14,18,19). The minimum atomic E-state index is -3.41. The Kier molecular flexibility index (Phi) is 7.41. The second-order valence-corrected chi connectivity index (χ2v) is 7.59. The number of unbranched alkanes of at least 4 members (excludes halogenated alkanes) is 1. The third kappa shape index (κ3) is 7.63. The van der Waals surface area contributed by atoms with Crippen molar-refractivity contribution >= 4 is 16.1 Å². The molecular formula is C13H27N3O4S. The van der Waals surface area contributed by atoms with E-state index >= 15 is 0 Å². The van der Waals surface area contributed by atoms with Gasteiger partial charge in [0.15, 0.2) is 0 Å². The van der Waals surface area contributed by atoms with Crippen LogP contribution >= 0.6 is 0 Å². The van der Waals surface area contributed by atoms with Crippen LogP contribution in [-0.2, 0) is 14.8 Å². The first kappa shape index (κ1) is 18.2. The molecule has 21 heavy (non-hydrogen) atoms. The monoisotopic (exact) mass is 321 g/mol. The molecule has 2 amide bonds. The lowest BCUT2D eigenvalue weighted by atomic mass is 10.0. The zero-order chi connectivity index (χ0) is 15.9. The summed E-state index contributed by atoms with van der Waals surface area (Å²) in [4.78, 5) is 14.0. The average molecular weight is 321 g/mol. The number of urea groups is 1. The Morgan fingerprint density at radius 3 is 2.76 bits per heavy atom. The molecule has 3 N–H and O–H groups in total. The fourth-order valence-corrected chi connectivity index (χ4v) is 2.99. The van der Waals surface area contributed by atoms with Gasteiger partial charge in [-0.15, -0.1) is 0 Å². The molecule has 1 unspecified atom stereocenters. The minimum Gasteiger partial charge on any atom is -0.377 e. The van der Waals surface area contributed by atoms with Crippen molar-refractivity contribution in [1.82, 2.24) is 10.2 Å². The fraction of sp³-hybridized carbons (Fsp3) is 0.923. The SMILES string of the molecule is CC(C)CC1COCCN1C(=O)NCCCCS(N)(=O)=O. The number of morpholine rings is 1. The molecule has 7 nitrogen and oxygen atoms in total. The van der Waals surface area contributed by atoms with Crippen LogP contribution in [0.25, 0.3) is 0 Å². The van der Waals surface area contributed by atoms with Gasteiger partial charge in [0, 0.05) is 13.1 Å². The highest BCUT2D eigenvalue weighted by atomic mass is 32.2. The minimum absolute atomic E-state index is 0.0452. The number of nitrogens with zero attached hydrogens (tertiary/aromatic N) is 1.